The van der Waals surface area contributed by atoms with E-state index in [2.05, 4.69) is 38.5 Å². The van der Waals surface area contributed by atoms with E-state index in [1.807, 2.05) is 60.7 Å². The number of hydrogen-bond acceptors (Lipinski definition) is 6. The summed E-state index contributed by atoms with van der Waals surface area (Å²) in [5.41, 5.74) is 3.29. The molecule has 1 atom stereocenters. The Bertz CT molecular complexity index is 1380. The average Bonchev–Trinajstić information content (AvgIpc) is 3.52. The summed E-state index contributed by atoms with van der Waals surface area (Å²) < 4.78 is 5.93. The number of nitrogens with one attached hydrogen (secondary N) is 2. The number of aromatic amines is 1. The van der Waals surface area contributed by atoms with E-state index < -0.39 is 0 Å². The molecule has 0 bridgehead atoms. The van der Waals surface area contributed by atoms with E-state index in [1.54, 1.807) is 25.0 Å². The molecule has 184 valence electrons. The highest BCUT2D eigenvalue weighted by Gasteiger charge is 2.19. The number of carbonyl (C=O) groups is 1. The fraction of sp³-hybridized carbons (Fsp3) is 0.250. The molecule has 8 heteroatoms. The molecular formula is C28H29N5O2S. The number of carbonyl (C=O) groups excluding carboxylic acids is 1. The minimum atomic E-state index is -0.0945. The number of H-pyrrole nitrogens is 1. The van der Waals surface area contributed by atoms with Crippen LogP contribution in [0.5, 0.6) is 5.75 Å². The monoisotopic (exact) mass is 499 g/mol. The van der Waals surface area contributed by atoms with Crippen LogP contribution in [0, 0.1) is 5.92 Å². The van der Waals surface area contributed by atoms with Crippen LogP contribution in [0.25, 0.3) is 23.1 Å². The van der Waals surface area contributed by atoms with Gasteiger partial charge in [-0.05, 0) is 74.6 Å². The van der Waals surface area contributed by atoms with Gasteiger partial charge in [-0.1, -0.05) is 23.9 Å². The third-order valence-corrected chi connectivity index (χ3v) is 7.36. The highest BCUT2D eigenvalue weighted by molar-refractivity contribution is 7.99. The molecule has 2 N–H and O–H groups in total. The molecule has 0 aliphatic carbocycles. The van der Waals surface area contributed by atoms with Gasteiger partial charge in [-0.25, -0.2) is 0 Å². The van der Waals surface area contributed by atoms with Crippen molar-refractivity contribution in [1.82, 2.24) is 25.4 Å². The summed E-state index contributed by atoms with van der Waals surface area (Å²) in [4.78, 5) is 21.0. The lowest BCUT2D eigenvalue weighted by atomic mass is 10.1. The Morgan fingerprint density at radius 3 is 2.89 bits per heavy atom. The van der Waals surface area contributed by atoms with Gasteiger partial charge in [0.2, 0.25) is 0 Å². The molecule has 0 radical (unpaired) electrons. The van der Waals surface area contributed by atoms with Crippen molar-refractivity contribution in [2.45, 2.75) is 16.2 Å². The fourth-order valence-electron chi connectivity index (χ4n) is 4.33. The van der Waals surface area contributed by atoms with Crippen molar-refractivity contribution in [2.75, 3.05) is 33.8 Å². The average molecular weight is 500 g/mol. The van der Waals surface area contributed by atoms with E-state index in [9.17, 15) is 4.79 Å². The minimum absolute atomic E-state index is 0.0945. The lowest BCUT2D eigenvalue weighted by molar-refractivity contribution is 0.0960. The summed E-state index contributed by atoms with van der Waals surface area (Å²) >= 11 is 1.55. The van der Waals surface area contributed by atoms with Gasteiger partial charge in [0.15, 0.2) is 0 Å². The molecule has 2 aromatic heterocycles. The minimum Gasteiger partial charge on any atom is -0.492 e. The lowest BCUT2D eigenvalue weighted by Crippen LogP contribution is -2.18. The Balaban J connectivity index is 1.24. The second kappa shape index (κ2) is 11.0. The zero-order valence-electron chi connectivity index (χ0n) is 20.4. The Hall–Kier alpha value is -3.62. The van der Waals surface area contributed by atoms with Crippen LogP contribution in [0.15, 0.2) is 70.6 Å². The zero-order valence-corrected chi connectivity index (χ0v) is 21.2. The van der Waals surface area contributed by atoms with Gasteiger partial charge < -0.3 is 15.0 Å². The van der Waals surface area contributed by atoms with Crippen molar-refractivity contribution < 1.29 is 9.53 Å². The standard InChI is InChI=1S/C28H29N5O2S/c1-29-28(34)24-5-3-4-6-27(24)36-22-10-11-23-25(31-32-26(23)15-22)12-8-20-7-9-21(16-30-20)35-18-19-13-14-33(2)17-19/h3-12,15-16,19H,13-14,17-18H2,1-2H3,(H,29,34)(H,31,32)/b12-8+/t19-/m1/s1. The number of aromatic nitrogens is 3. The van der Waals surface area contributed by atoms with Crippen LogP contribution >= 0.6 is 11.8 Å². The topological polar surface area (TPSA) is 83.1 Å². The fourth-order valence-corrected chi connectivity index (χ4v) is 5.32. The van der Waals surface area contributed by atoms with E-state index in [1.165, 1.54) is 6.42 Å². The summed E-state index contributed by atoms with van der Waals surface area (Å²) in [6.45, 7) is 2.97. The van der Waals surface area contributed by atoms with Crippen molar-refractivity contribution in [2.24, 2.45) is 5.92 Å². The van der Waals surface area contributed by atoms with Crippen molar-refractivity contribution in [3.05, 3.63) is 77.7 Å². The molecule has 7 nitrogen and oxygen atoms in total. The number of hydrogen-bond donors (Lipinski definition) is 2. The zero-order chi connectivity index (χ0) is 24.9. The van der Waals surface area contributed by atoms with Crippen molar-refractivity contribution in [3.63, 3.8) is 0 Å². The summed E-state index contributed by atoms with van der Waals surface area (Å²) in [6.07, 6.45) is 6.88. The van der Waals surface area contributed by atoms with Crippen LogP contribution in [0.3, 0.4) is 0 Å². The molecule has 36 heavy (non-hydrogen) atoms. The molecule has 1 fully saturated rings. The molecule has 1 aliphatic heterocycles. The molecular weight excluding hydrogens is 470 g/mol. The van der Waals surface area contributed by atoms with E-state index in [4.69, 9.17) is 4.74 Å². The normalized spacial score (nSPS) is 16.1. The molecule has 0 saturated carbocycles. The van der Waals surface area contributed by atoms with Crippen LogP contribution in [0.4, 0.5) is 0 Å². The van der Waals surface area contributed by atoms with Gasteiger partial charge in [0.1, 0.15) is 5.75 Å². The van der Waals surface area contributed by atoms with Crippen molar-refractivity contribution in [1.29, 1.82) is 0 Å². The highest BCUT2D eigenvalue weighted by Crippen LogP contribution is 2.33. The first-order chi connectivity index (χ1) is 17.6. The maximum atomic E-state index is 12.2. The number of benzene rings is 2. The van der Waals surface area contributed by atoms with Crippen molar-refractivity contribution >= 4 is 40.7 Å². The Labute approximate surface area is 215 Å². The first-order valence-corrected chi connectivity index (χ1v) is 12.8. The maximum absolute atomic E-state index is 12.2. The molecule has 1 amide bonds. The van der Waals surface area contributed by atoms with E-state index in [0.717, 1.165) is 57.5 Å². The Morgan fingerprint density at radius 1 is 1.22 bits per heavy atom. The molecule has 4 aromatic rings. The second-order valence-electron chi connectivity index (χ2n) is 8.97. The first-order valence-electron chi connectivity index (χ1n) is 12.0. The lowest BCUT2D eigenvalue weighted by Gasteiger charge is -2.11. The summed E-state index contributed by atoms with van der Waals surface area (Å²) in [5, 5.41) is 11.3. The van der Waals surface area contributed by atoms with Gasteiger partial charge in [-0.2, -0.15) is 5.10 Å². The summed E-state index contributed by atoms with van der Waals surface area (Å²) in [5.74, 6) is 1.30. The van der Waals surface area contributed by atoms with Gasteiger partial charge >= 0.3 is 0 Å². The van der Waals surface area contributed by atoms with E-state index in [0.29, 0.717) is 11.5 Å². The van der Waals surface area contributed by atoms with Crippen LogP contribution in [-0.4, -0.2) is 59.8 Å². The number of nitrogens with zero attached hydrogens (tertiary/aromatic N) is 3. The third-order valence-electron chi connectivity index (χ3n) is 6.30. The number of likely N-dealkylation sites (tertiary alicyclic amines) is 1. The van der Waals surface area contributed by atoms with E-state index in [-0.39, 0.29) is 5.91 Å². The third kappa shape index (κ3) is 5.61. The largest absolute Gasteiger partial charge is 0.492 e. The SMILES string of the molecule is CNC(=O)c1ccccc1Sc1ccc2c(/C=C/c3ccc(OC[C@@H]4CCN(C)C4)cn3)n[nH]c2c1. The smallest absolute Gasteiger partial charge is 0.252 e. The number of fused-ring (bicyclic) bond motifs is 1. The molecule has 0 unspecified atom stereocenters. The second-order valence-corrected chi connectivity index (χ2v) is 10.1. The number of rotatable bonds is 8. The molecule has 1 aliphatic rings. The molecule has 0 spiro atoms. The summed E-state index contributed by atoms with van der Waals surface area (Å²) in [6, 6.07) is 17.7. The number of amides is 1. The van der Waals surface area contributed by atoms with Gasteiger partial charge in [0.25, 0.3) is 5.91 Å². The molecule has 5 rings (SSSR count). The highest BCUT2D eigenvalue weighted by atomic mass is 32.2. The Kier molecular flexibility index (Phi) is 7.34. The van der Waals surface area contributed by atoms with Gasteiger partial charge in [0.05, 0.1) is 35.3 Å². The molecule has 3 heterocycles. The first kappa shape index (κ1) is 24.1. The predicted octanol–water partition coefficient (Wildman–Crippen LogP) is 4.97. The predicted molar refractivity (Wildman–Crippen MR) is 144 cm³/mol. The van der Waals surface area contributed by atoms with Crippen molar-refractivity contribution in [3.8, 4) is 5.75 Å². The van der Waals surface area contributed by atoms with Crippen LogP contribution in [0.2, 0.25) is 0 Å². The van der Waals surface area contributed by atoms with Crippen LogP contribution in [0.1, 0.15) is 28.2 Å². The van der Waals surface area contributed by atoms with Gasteiger partial charge in [-0.3, -0.25) is 14.9 Å². The van der Waals surface area contributed by atoms with Gasteiger partial charge in [-0.15, -0.1) is 0 Å². The quantitative estimate of drug-likeness (QED) is 0.356. The molecule has 1 saturated heterocycles. The van der Waals surface area contributed by atoms with Crippen LogP contribution in [-0.2, 0) is 0 Å². The molecule has 2 aromatic carbocycles. The Morgan fingerprint density at radius 2 is 2.11 bits per heavy atom. The van der Waals surface area contributed by atoms with Gasteiger partial charge in [0, 0.05) is 34.7 Å². The number of ether oxygens (including phenoxy) is 1. The van der Waals surface area contributed by atoms with Crippen LogP contribution < -0.4 is 10.1 Å². The maximum Gasteiger partial charge on any atom is 0.252 e. The number of pyridine rings is 1. The summed E-state index contributed by atoms with van der Waals surface area (Å²) in [7, 11) is 3.79. The van der Waals surface area contributed by atoms with E-state index >= 15 is 0 Å².